The van der Waals surface area contributed by atoms with Crippen molar-refractivity contribution in [2.24, 2.45) is 5.92 Å². The molecule has 0 spiro atoms. The SMILES string of the molecule is Cc1ccc(C(=O)NCC(C)CCl)cc1Cl. The number of carbonyl (C=O) groups is 1. The van der Waals surface area contributed by atoms with Crippen LogP contribution in [0.15, 0.2) is 18.2 Å². The van der Waals surface area contributed by atoms with Gasteiger partial charge < -0.3 is 5.32 Å². The van der Waals surface area contributed by atoms with Crippen LogP contribution in [0, 0.1) is 12.8 Å². The first kappa shape index (κ1) is 13.3. The standard InChI is InChI=1S/C12H15Cl2NO/c1-8(6-13)7-15-12(16)10-4-3-9(2)11(14)5-10/h3-5,8H,6-7H2,1-2H3,(H,15,16). The van der Waals surface area contributed by atoms with Gasteiger partial charge in [0.25, 0.3) is 5.91 Å². The molecule has 4 heteroatoms. The van der Waals surface area contributed by atoms with Gasteiger partial charge in [-0.2, -0.15) is 0 Å². The van der Waals surface area contributed by atoms with E-state index in [1.807, 2.05) is 19.9 Å². The third kappa shape index (κ3) is 3.69. The molecule has 0 saturated heterocycles. The Morgan fingerprint density at radius 1 is 1.50 bits per heavy atom. The van der Waals surface area contributed by atoms with Crippen molar-refractivity contribution in [3.8, 4) is 0 Å². The van der Waals surface area contributed by atoms with Crippen molar-refractivity contribution in [1.82, 2.24) is 5.32 Å². The lowest BCUT2D eigenvalue weighted by Gasteiger charge is -2.09. The second-order valence-corrected chi connectivity index (χ2v) is 4.65. The van der Waals surface area contributed by atoms with Crippen LogP contribution in [-0.2, 0) is 0 Å². The largest absolute Gasteiger partial charge is 0.352 e. The van der Waals surface area contributed by atoms with Crippen LogP contribution in [-0.4, -0.2) is 18.3 Å². The Kier molecular flexibility index (Phi) is 5.10. The van der Waals surface area contributed by atoms with Crippen LogP contribution < -0.4 is 5.32 Å². The average molecular weight is 260 g/mol. The molecule has 0 radical (unpaired) electrons. The number of hydrogen-bond donors (Lipinski definition) is 1. The highest BCUT2D eigenvalue weighted by atomic mass is 35.5. The lowest BCUT2D eigenvalue weighted by Crippen LogP contribution is -2.28. The number of hydrogen-bond acceptors (Lipinski definition) is 1. The summed E-state index contributed by atoms with van der Waals surface area (Å²) < 4.78 is 0. The van der Waals surface area contributed by atoms with Crippen LogP contribution in [0.4, 0.5) is 0 Å². The van der Waals surface area contributed by atoms with Crippen LogP contribution in [0.5, 0.6) is 0 Å². The van der Waals surface area contributed by atoms with Crippen LogP contribution in [0.2, 0.25) is 5.02 Å². The molecule has 1 aromatic carbocycles. The summed E-state index contributed by atoms with van der Waals surface area (Å²) in [5, 5.41) is 3.42. The molecule has 0 fully saturated rings. The first-order chi connectivity index (χ1) is 7.54. The molecule has 16 heavy (non-hydrogen) atoms. The molecule has 1 N–H and O–H groups in total. The second kappa shape index (κ2) is 6.12. The van der Waals surface area contributed by atoms with Crippen LogP contribution in [0.1, 0.15) is 22.8 Å². The number of amides is 1. The molecule has 0 bridgehead atoms. The van der Waals surface area contributed by atoms with Gasteiger partial charge in [0.1, 0.15) is 0 Å². The monoisotopic (exact) mass is 259 g/mol. The maximum atomic E-state index is 11.7. The van der Waals surface area contributed by atoms with Gasteiger partial charge >= 0.3 is 0 Å². The van der Waals surface area contributed by atoms with Gasteiger partial charge in [0, 0.05) is 23.0 Å². The molecule has 0 aromatic heterocycles. The van der Waals surface area contributed by atoms with E-state index in [1.54, 1.807) is 12.1 Å². The lowest BCUT2D eigenvalue weighted by atomic mass is 10.1. The van der Waals surface area contributed by atoms with E-state index in [2.05, 4.69) is 5.32 Å². The van der Waals surface area contributed by atoms with E-state index in [1.165, 1.54) is 0 Å². The van der Waals surface area contributed by atoms with Gasteiger partial charge in [0.2, 0.25) is 0 Å². The smallest absolute Gasteiger partial charge is 0.251 e. The Morgan fingerprint density at radius 3 is 2.75 bits per heavy atom. The van der Waals surface area contributed by atoms with Crippen LogP contribution >= 0.6 is 23.2 Å². The summed E-state index contributed by atoms with van der Waals surface area (Å²) in [5.41, 5.74) is 1.55. The van der Waals surface area contributed by atoms with Crippen molar-refractivity contribution in [2.75, 3.05) is 12.4 Å². The molecular formula is C12H15Cl2NO. The van der Waals surface area contributed by atoms with Gasteiger partial charge in [-0.1, -0.05) is 24.6 Å². The minimum Gasteiger partial charge on any atom is -0.352 e. The quantitative estimate of drug-likeness (QED) is 0.827. The highest BCUT2D eigenvalue weighted by Crippen LogP contribution is 2.16. The molecular weight excluding hydrogens is 245 g/mol. The summed E-state index contributed by atoms with van der Waals surface area (Å²) in [4.78, 5) is 11.7. The van der Waals surface area contributed by atoms with Crippen LogP contribution in [0.25, 0.3) is 0 Å². The molecule has 88 valence electrons. The topological polar surface area (TPSA) is 29.1 Å². The summed E-state index contributed by atoms with van der Waals surface area (Å²) in [7, 11) is 0. The molecule has 1 unspecified atom stereocenters. The molecule has 0 saturated carbocycles. The molecule has 1 rings (SSSR count). The van der Waals surface area contributed by atoms with Gasteiger partial charge in [-0.05, 0) is 30.5 Å². The fourth-order valence-electron chi connectivity index (χ4n) is 1.16. The Bertz CT molecular complexity index is 379. The summed E-state index contributed by atoms with van der Waals surface area (Å²) in [6.45, 7) is 4.46. The number of halogens is 2. The van der Waals surface area contributed by atoms with E-state index >= 15 is 0 Å². The maximum Gasteiger partial charge on any atom is 0.251 e. The van der Waals surface area contributed by atoms with E-state index in [4.69, 9.17) is 23.2 Å². The van der Waals surface area contributed by atoms with Crippen molar-refractivity contribution in [2.45, 2.75) is 13.8 Å². The zero-order chi connectivity index (χ0) is 12.1. The molecule has 1 aromatic rings. The zero-order valence-corrected chi connectivity index (χ0v) is 10.9. The molecule has 1 amide bonds. The third-order valence-electron chi connectivity index (χ3n) is 2.31. The lowest BCUT2D eigenvalue weighted by molar-refractivity contribution is 0.0949. The van der Waals surface area contributed by atoms with Crippen LogP contribution in [0.3, 0.4) is 0 Å². The number of nitrogens with one attached hydrogen (secondary N) is 1. The van der Waals surface area contributed by atoms with Gasteiger partial charge in [-0.15, -0.1) is 11.6 Å². The Balaban J connectivity index is 2.63. The molecule has 0 heterocycles. The normalized spacial score (nSPS) is 12.2. The third-order valence-corrected chi connectivity index (χ3v) is 3.24. The average Bonchev–Trinajstić information content (AvgIpc) is 2.29. The Morgan fingerprint density at radius 2 is 2.19 bits per heavy atom. The van der Waals surface area contributed by atoms with E-state index in [0.717, 1.165) is 5.56 Å². The van der Waals surface area contributed by atoms with Crippen molar-refractivity contribution < 1.29 is 4.79 Å². The number of alkyl halides is 1. The van der Waals surface area contributed by atoms with E-state index in [0.29, 0.717) is 23.0 Å². The number of carbonyl (C=O) groups excluding carboxylic acids is 1. The van der Waals surface area contributed by atoms with Gasteiger partial charge in [0.05, 0.1) is 0 Å². The molecule has 1 atom stereocenters. The molecule has 0 aliphatic carbocycles. The molecule has 0 aliphatic heterocycles. The number of rotatable bonds is 4. The minimum absolute atomic E-state index is 0.112. The molecule has 2 nitrogen and oxygen atoms in total. The highest BCUT2D eigenvalue weighted by Gasteiger charge is 2.08. The van der Waals surface area contributed by atoms with Crippen molar-refractivity contribution >= 4 is 29.1 Å². The van der Waals surface area contributed by atoms with Crippen molar-refractivity contribution in [3.05, 3.63) is 34.3 Å². The van der Waals surface area contributed by atoms with E-state index < -0.39 is 0 Å². The predicted octanol–water partition coefficient (Wildman–Crippen LogP) is 3.25. The number of aryl methyl sites for hydroxylation is 1. The Labute approximate surface area is 106 Å². The predicted molar refractivity (Wildman–Crippen MR) is 68.4 cm³/mol. The summed E-state index contributed by atoms with van der Waals surface area (Å²) >= 11 is 11.6. The van der Waals surface area contributed by atoms with Gasteiger partial charge in [-0.25, -0.2) is 0 Å². The first-order valence-corrected chi connectivity index (χ1v) is 6.06. The van der Waals surface area contributed by atoms with E-state index in [-0.39, 0.29) is 11.8 Å². The summed E-state index contributed by atoms with van der Waals surface area (Å²) in [5.74, 6) is 0.694. The van der Waals surface area contributed by atoms with Crippen molar-refractivity contribution in [3.63, 3.8) is 0 Å². The Hall–Kier alpha value is -0.730. The number of benzene rings is 1. The summed E-state index contributed by atoms with van der Waals surface area (Å²) in [6.07, 6.45) is 0. The van der Waals surface area contributed by atoms with E-state index in [9.17, 15) is 4.79 Å². The highest BCUT2D eigenvalue weighted by molar-refractivity contribution is 6.31. The van der Waals surface area contributed by atoms with Crippen molar-refractivity contribution in [1.29, 1.82) is 0 Å². The second-order valence-electron chi connectivity index (χ2n) is 3.93. The minimum atomic E-state index is -0.112. The fourth-order valence-corrected chi connectivity index (χ4v) is 1.45. The molecule has 0 aliphatic rings. The first-order valence-electron chi connectivity index (χ1n) is 5.15. The fraction of sp³-hybridized carbons (Fsp3) is 0.417. The zero-order valence-electron chi connectivity index (χ0n) is 9.39. The van der Waals surface area contributed by atoms with Gasteiger partial charge in [-0.3, -0.25) is 4.79 Å². The van der Waals surface area contributed by atoms with Gasteiger partial charge in [0.15, 0.2) is 0 Å². The summed E-state index contributed by atoms with van der Waals surface area (Å²) in [6, 6.07) is 5.28. The maximum absolute atomic E-state index is 11.7.